The van der Waals surface area contributed by atoms with E-state index in [0.29, 0.717) is 0 Å². The number of hydrogen-bond acceptors (Lipinski definition) is 3. The molecular weight excluding hydrogens is 935 g/mol. The lowest BCUT2D eigenvalue weighted by molar-refractivity contribution is 0.436. The van der Waals surface area contributed by atoms with Gasteiger partial charge in [0.15, 0.2) is 0 Å². The van der Waals surface area contributed by atoms with Gasteiger partial charge in [-0.3, -0.25) is 0 Å². The van der Waals surface area contributed by atoms with Crippen molar-refractivity contribution in [1.29, 1.82) is 0 Å². The van der Waals surface area contributed by atoms with Crippen LogP contribution in [0.3, 0.4) is 0 Å². The van der Waals surface area contributed by atoms with E-state index in [0.717, 1.165) is 79.0 Å². The van der Waals surface area contributed by atoms with Crippen LogP contribution >= 0.6 is 0 Å². The van der Waals surface area contributed by atoms with Crippen LogP contribution in [-0.4, -0.2) is 0 Å². The van der Waals surface area contributed by atoms with Crippen molar-refractivity contribution in [3.63, 3.8) is 0 Å². The summed E-state index contributed by atoms with van der Waals surface area (Å²) < 4.78 is 13.5. The normalized spacial score (nSPS) is 13.9. The molecule has 0 bridgehead atoms. The van der Waals surface area contributed by atoms with Crippen LogP contribution in [0.5, 0.6) is 23.0 Å². The summed E-state index contributed by atoms with van der Waals surface area (Å²) in [5.41, 5.74) is 23.4. The molecule has 4 aliphatic rings. The number of ether oxygens (including phenoxy) is 2. The van der Waals surface area contributed by atoms with E-state index in [1.807, 2.05) is 0 Å². The minimum Gasteiger partial charge on any atom is -0.457 e. The lowest BCUT2D eigenvalue weighted by atomic mass is 9.66. The standard InChI is InChI=1S/C74H47NO2/c1-2-19-48(20-3-1)49-37-39-50(40-38-49)51-41-44-53(45-42-51)75(67-32-18-30-64-72(67)57-23-5-8-25-59(57)73(64)60-26-9-14-33-68(60)76-69-34-15-10-27-61(69)73)66-31-13-6-21-54(66)52-43-46-56-55-22-4-7-24-58(55)74(65(56)47-52)62-28-11-16-35-70(62)77-71-36-17-12-29-63(71)74/h1-47H. The maximum atomic E-state index is 6.77. The fourth-order valence-corrected chi connectivity index (χ4v) is 13.7. The van der Waals surface area contributed by atoms with Gasteiger partial charge in [-0.25, -0.2) is 0 Å². The first kappa shape index (κ1) is 43.4. The molecular formula is C74H47NO2. The summed E-state index contributed by atoms with van der Waals surface area (Å²) in [5, 5.41) is 0. The lowest BCUT2D eigenvalue weighted by Crippen LogP contribution is -2.32. The molecule has 0 atom stereocenters. The van der Waals surface area contributed by atoms with E-state index in [9.17, 15) is 0 Å². The first-order chi connectivity index (χ1) is 38.2. The van der Waals surface area contributed by atoms with E-state index in [1.165, 1.54) is 61.2 Å². The lowest BCUT2D eigenvalue weighted by Gasteiger charge is -2.39. The van der Waals surface area contributed by atoms with Crippen molar-refractivity contribution < 1.29 is 9.47 Å². The largest absolute Gasteiger partial charge is 0.457 e. The highest BCUT2D eigenvalue weighted by Gasteiger charge is 2.53. The van der Waals surface area contributed by atoms with E-state index >= 15 is 0 Å². The minimum atomic E-state index is -0.631. The molecule has 16 rings (SSSR count). The number of nitrogens with zero attached hydrogens (tertiary/aromatic N) is 1. The van der Waals surface area contributed by atoms with Crippen LogP contribution < -0.4 is 14.4 Å². The predicted octanol–water partition coefficient (Wildman–Crippen LogP) is 19.1. The molecule has 0 radical (unpaired) electrons. The molecule has 12 aromatic carbocycles. The second kappa shape index (κ2) is 16.8. The third kappa shape index (κ3) is 6.14. The van der Waals surface area contributed by atoms with Gasteiger partial charge in [0.05, 0.1) is 22.2 Å². The van der Waals surface area contributed by atoms with Crippen molar-refractivity contribution in [2.75, 3.05) is 4.90 Å². The van der Waals surface area contributed by atoms with Crippen LogP contribution in [-0.2, 0) is 10.8 Å². The number of hydrogen-bond donors (Lipinski definition) is 0. The fraction of sp³-hybridized carbons (Fsp3) is 0.0270. The molecule has 3 heteroatoms. The molecule has 3 nitrogen and oxygen atoms in total. The minimum absolute atomic E-state index is 0.605. The van der Waals surface area contributed by atoms with Crippen molar-refractivity contribution in [2.24, 2.45) is 0 Å². The Kier molecular flexibility index (Phi) is 9.47. The van der Waals surface area contributed by atoms with Gasteiger partial charge in [-0.05, 0) is 121 Å². The van der Waals surface area contributed by atoms with Crippen LogP contribution in [0.2, 0.25) is 0 Å². The Labute approximate surface area is 448 Å². The average molecular weight is 982 g/mol. The van der Waals surface area contributed by atoms with E-state index in [2.05, 4.69) is 290 Å². The van der Waals surface area contributed by atoms with Crippen LogP contribution in [0.25, 0.3) is 55.6 Å². The van der Waals surface area contributed by atoms with Crippen molar-refractivity contribution in [2.45, 2.75) is 10.8 Å². The highest BCUT2D eigenvalue weighted by atomic mass is 16.5. The molecule has 2 heterocycles. The van der Waals surface area contributed by atoms with Crippen molar-refractivity contribution >= 4 is 17.1 Å². The van der Waals surface area contributed by atoms with Crippen molar-refractivity contribution in [1.82, 2.24) is 0 Å². The average Bonchev–Trinajstić information content (AvgIpc) is 4.19. The zero-order chi connectivity index (χ0) is 50.7. The number of benzene rings is 12. The van der Waals surface area contributed by atoms with Gasteiger partial charge in [0, 0.05) is 39.1 Å². The van der Waals surface area contributed by atoms with Gasteiger partial charge in [0.1, 0.15) is 23.0 Å². The summed E-state index contributed by atoms with van der Waals surface area (Å²) in [6.45, 7) is 0. The number of anilines is 3. The molecule has 0 saturated carbocycles. The third-order valence-electron chi connectivity index (χ3n) is 16.8. The fourth-order valence-electron chi connectivity index (χ4n) is 13.7. The zero-order valence-electron chi connectivity index (χ0n) is 41.9. The molecule has 0 unspecified atom stereocenters. The Hall–Kier alpha value is -9.96. The summed E-state index contributed by atoms with van der Waals surface area (Å²) in [4.78, 5) is 2.51. The summed E-state index contributed by atoms with van der Waals surface area (Å²) in [6, 6.07) is 104. The van der Waals surface area contributed by atoms with Gasteiger partial charge in [-0.2, -0.15) is 0 Å². The Morgan fingerprint density at radius 1 is 0.234 bits per heavy atom. The smallest absolute Gasteiger partial charge is 0.132 e. The summed E-state index contributed by atoms with van der Waals surface area (Å²) in [6.07, 6.45) is 0. The molecule has 2 aliphatic carbocycles. The second-order valence-electron chi connectivity index (χ2n) is 20.6. The molecule has 0 saturated heterocycles. The zero-order valence-corrected chi connectivity index (χ0v) is 41.9. The van der Waals surface area contributed by atoms with Crippen LogP contribution in [0.4, 0.5) is 17.1 Å². The summed E-state index contributed by atoms with van der Waals surface area (Å²) >= 11 is 0. The molecule has 360 valence electrons. The first-order valence-electron chi connectivity index (χ1n) is 26.6. The van der Waals surface area contributed by atoms with Gasteiger partial charge >= 0.3 is 0 Å². The molecule has 77 heavy (non-hydrogen) atoms. The number of rotatable bonds is 6. The van der Waals surface area contributed by atoms with Crippen LogP contribution in [0.1, 0.15) is 44.5 Å². The third-order valence-corrected chi connectivity index (χ3v) is 16.8. The van der Waals surface area contributed by atoms with Gasteiger partial charge in [0.25, 0.3) is 0 Å². The number of fused-ring (bicyclic) bond motifs is 18. The van der Waals surface area contributed by atoms with E-state index in [-0.39, 0.29) is 0 Å². The monoisotopic (exact) mass is 981 g/mol. The van der Waals surface area contributed by atoms with E-state index in [4.69, 9.17) is 9.47 Å². The van der Waals surface area contributed by atoms with Gasteiger partial charge in [-0.1, -0.05) is 231 Å². The van der Waals surface area contributed by atoms with E-state index in [1.54, 1.807) is 0 Å². The molecule has 2 spiro atoms. The molecule has 0 fully saturated rings. The van der Waals surface area contributed by atoms with E-state index < -0.39 is 10.8 Å². The van der Waals surface area contributed by atoms with Gasteiger partial charge < -0.3 is 14.4 Å². The molecule has 0 amide bonds. The summed E-state index contributed by atoms with van der Waals surface area (Å²) in [7, 11) is 0. The van der Waals surface area contributed by atoms with Crippen molar-refractivity contribution in [3.8, 4) is 78.6 Å². The topological polar surface area (TPSA) is 21.7 Å². The van der Waals surface area contributed by atoms with Crippen LogP contribution in [0.15, 0.2) is 285 Å². The Balaban J connectivity index is 0.929. The van der Waals surface area contributed by atoms with Gasteiger partial charge in [-0.15, -0.1) is 0 Å². The Bertz CT molecular complexity index is 4250. The Morgan fingerprint density at radius 3 is 1.18 bits per heavy atom. The molecule has 0 N–H and O–H groups in total. The second-order valence-corrected chi connectivity index (χ2v) is 20.6. The first-order valence-corrected chi connectivity index (χ1v) is 26.6. The highest BCUT2D eigenvalue weighted by Crippen LogP contribution is 2.66. The summed E-state index contributed by atoms with van der Waals surface area (Å²) in [5.74, 6) is 3.51. The van der Waals surface area contributed by atoms with Crippen molar-refractivity contribution in [3.05, 3.63) is 330 Å². The maximum Gasteiger partial charge on any atom is 0.132 e. The van der Waals surface area contributed by atoms with Crippen LogP contribution in [0, 0.1) is 0 Å². The molecule has 0 aromatic heterocycles. The maximum absolute atomic E-state index is 6.77. The SMILES string of the molecule is c1ccc(-c2ccc(-c3ccc(N(c4ccccc4-c4ccc5c(c4)C4(c6ccccc6Oc6ccccc64)c4ccccc4-5)c4cccc5c4-c4ccccc4C54c5ccccc5Oc5ccccc54)cc3)cc2)cc1. The quantitative estimate of drug-likeness (QED) is 0.166. The van der Waals surface area contributed by atoms with Gasteiger partial charge in [0.2, 0.25) is 0 Å². The highest BCUT2D eigenvalue weighted by molar-refractivity contribution is 6.01. The predicted molar refractivity (Wildman–Crippen MR) is 312 cm³/mol. The molecule has 2 aliphatic heterocycles. The molecule has 12 aromatic rings. The number of para-hydroxylation sites is 5. The Morgan fingerprint density at radius 2 is 0.610 bits per heavy atom.